The van der Waals surface area contributed by atoms with Crippen LogP contribution in [0.3, 0.4) is 0 Å². The molecule has 0 saturated carbocycles. The standard InChI is InChI=1S/C26H34IN5O2/c1-5-18-13-21-16(3)23(26-28-17(4)31-34-26)25(30-24(21)22(27)14-18)32-9-6-20(12-15(32)2)29-19-7-10-33-11-8-19/h13-15,19-20,29H,5-12H2,1-4H3/t15-,20-/m1/s1. The van der Waals surface area contributed by atoms with Gasteiger partial charge in [0.2, 0.25) is 0 Å². The Morgan fingerprint density at radius 2 is 1.91 bits per heavy atom. The summed E-state index contributed by atoms with van der Waals surface area (Å²) in [7, 11) is 0. The molecule has 182 valence electrons. The molecule has 7 nitrogen and oxygen atoms in total. The Hall–Kier alpha value is -1.78. The van der Waals surface area contributed by atoms with Gasteiger partial charge < -0.3 is 19.5 Å². The van der Waals surface area contributed by atoms with Gasteiger partial charge in [-0.1, -0.05) is 12.1 Å². The summed E-state index contributed by atoms with van der Waals surface area (Å²) in [6.07, 6.45) is 5.39. The summed E-state index contributed by atoms with van der Waals surface area (Å²) < 4.78 is 12.4. The summed E-state index contributed by atoms with van der Waals surface area (Å²) in [6, 6.07) is 5.97. The highest BCUT2D eigenvalue weighted by atomic mass is 127. The minimum Gasteiger partial charge on any atom is -0.381 e. The number of aryl methyl sites for hydroxylation is 3. The summed E-state index contributed by atoms with van der Waals surface area (Å²) in [4.78, 5) is 12.3. The zero-order valence-electron chi connectivity index (χ0n) is 20.5. The van der Waals surface area contributed by atoms with Crippen LogP contribution in [0.5, 0.6) is 0 Å². The van der Waals surface area contributed by atoms with Crippen molar-refractivity contribution in [1.82, 2.24) is 20.4 Å². The van der Waals surface area contributed by atoms with Crippen LogP contribution in [0.15, 0.2) is 16.7 Å². The monoisotopic (exact) mass is 575 g/mol. The number of hydrogen-bond acceptors (Lipinski definition) is 7. The fourth-order valence-corrected chi connectivity index (χ4v) is 6.23. The van der Waals surface area contributed by atoms with Gasteiger partial charge in [-0.25, -0.2) is 4.98 Å². The van der Waals surface area contributed by atoms with Crippen LogP contribution in [0, 0.1) is 17.4 Å². The van der Waals surface area contributed by atoms with E-state index in [4.69, 9.17) is 14.2 Å². The van der Waals surface area contributed by atoms with Gasteiger partial charge in [0.05, 0.1) is 11.1 Å². The van der Waals surface area contributed by atoms with E-state index in [0.717, 1.165) is 74.3 Å². The van der Waals surface area contributed by atoms with E-state index in [1.54, 1.807) is 0 Å². The lowest BCUT2D eigenvalue weighted by molar-refractivity contribution is 0.0733. The zero-order chi connectivity index (χ0) is 23.8. The average molecular weight is 575 g/mol. The molecular weight excluding hydrogens is 541 g/mol. The molecule has 2 aromatic heterocycles. The molecule has 0 amide bonds. The van der Waals surface area contributed by atoms with Crippen LogP contribution in [0.4, 0.5) is 5.82 Å². The molecule has 4 heterocycles. The molecule has 2 atom stereocenters. The first kappa shape index (κ1) is 23.9. The first-order valence-electron chi connectivity index (χ1n) is 12.5. The van der Waals surface area contributed by atoms with E-state index in [1.165, 1.54) is 14.5 Å². The molecule has 2 aliphatic heterocycles. The number of anilines is 1. The number of nitrogens with zero attached hydrogens (tertiary/aromatic N) is 4. The molecule has 8 heteroatoms. The first-order valence-corrected chi connectivity index (χ1v) is 13.6. The molecule has 0 radical (unpaired) electrons. The topological polar surface area (TPSA) is 76.3 Å². The lowest BCUT2D eigenvalue weighted by atomic mass is 9.94. The van der Waals surface area contributed by atoms with Crippen molar-refractivity contribution < 1.29 is 9.26 Å². The Morgan fingerprint density at radius 1 is 1.12 bits per heavy atom. The minimum absolute atomic E-state index is 0.353. The molecule has 0 unspecified atom stereocenters. The van der Waals surface area contributed by atoms with Crippen molar-refractivity contribution >= 4 is 39.3 Å². The Labute approximate surface area is 215 Å². The van der Waals surface area contributed by atoms with Gasteiger partial charge >= 0.3 is 0 Å². The summed E-state index contributed by atoms with van der Waals surface area (Å²) in [5.41, 5.74) is 4.50. The van der Waals surface area contributed by atoms with Gasteiger partial charge in [0.15, 0.2) is 5.82 Å². The molecule has 2 saturated heterocycles. The maximum absolute atomic E-state index is 5.70. The van der Waals surface area contributed by atoms with Crippen molar-refractivity contribution in [3.8, 4) is 11.5 Å². The number of aromatic nitrogens is 3. The molecule has 1 N–H and O–H groups in total. The Bertz CT molecular complexity index is 1170. The average Bonchev–Trinajstić information content (AvgIpc) is 3.26. The van der Waals surface area contributed by atoms with Crippen LogP contribution in [0.1, 0.15) is 56.5 Å². The number of benzene rings is 1. The number of rotatable bonds is 5. The van der Waals surface area contributed by atoms with Gasteiger partial charge in [-0.05, 0) is 98.7 Å². The second kappa shape index (κ2) is 10.1. The van der Waals surface area contributed by atoms with Gasteiger partial charge in [0, 0.05) is 46.8 Å². The summed E-state index contributed by atoms with van der Waals surface area (Å²) in [5, 5.41) is 9.17. The fourth-order valence-electron chi connectivity index (χ4n) is 5.42. The van der Waals surface area contributed by atoms with E-state index in [2.05, 4.69) is 75.9 Å². The first-order chi connectivity index (χ1) is 16.4. The van der Waals surface area contributed by atoms with Crippen molar-refractivity contribution in [2.24, 2.45) is 0 Å². The highest BCUT2D eigenvalue weighted by Gasteiger charge is 2.32. The second-order valence-electron chi connectivity index (χ2n) is 9.73. The number of nitrogens with one attached hydrogen (secondary N) is 1. The summed E-state index contributed by atoms with van der Waals surface area (Å²) in [6.45, 7) is 11.2. The van der Waals surface area contributed by atoms with Crippen LogP contribution in [0.2, 0.25) is 0 Å². The second-order valence-corrected chi connectivity index (χ2v) is 10.9. The molecule has 0 aliphatic carbocycles. The molecule has 2 fully saturated rings. The van der Waals surface area contributed by atoms with Crippen molar-refractivity contribution in [2.45, 2.75) is 77.9 Å². The number of pyridine rings is 1. The zero-order valence-corrected chi connectivity index (χ0v) is 22.7. The number of halogens is 1. The Morgan fingerprint density at radius 3 is 2.59 bits per heavy atom. The van der Waals surface area contributed by atoms with Crippen LogP contribution < -0.4 is 10.2 Å². The molecule has 0 bridgehead atoms. The summed E-state index contributed by atoms with van der Waals surface area (Å²) in [5.74, 6) is 2.17. The van der Waals surface area contributed by atoms with E-state index in [1.807, 2.05) is 6.92 Å². The smallest absolute Gasteiger partial charge is 0.261 e. The third-order valence-electron chi connectivity index (χ3n) is 7.33. The Balaban J connectivity index is 1.52. The van der Waals surface area contributed by atoms with E-state index in [0.29, 0.717) is 29.8 Å². The molecule has 2 aliphatic rings. The van der Waals surface area contributed by atoms with Gasteiger partial charge in [-0.15, -0.1) is 0 Å². The lowest BCUT2D eigenvalue weighted by Gasteiger charge is -2.41. The Kier molecular flexibility index (Phi) is 7.09. The number of fused-ring (bicyclic) bond motifs is 1. The predicted octanol–water partition coefficient (Wildman–Crippen LogP) is 5.19. The van der Waals surface area contributed by atoms with E-state index < -0.39 is 0 Å². The highest BCUT2D eigenvalue weighted by Crippen LogP contribution is 2.39. The van der Waals surface area contributed by atoms with Crippen molar-refractivity contribution in [3.05, 3.63) is 32.7 Å². The summed E-state index contributed by atoms with van der Waals surface area (Å²) >= 11 is 2.43. The number of ether oxygens (including phenoxy) is 1. The van der Waals surface area contributed by atoms with Crippen molar-refractivity contribution in [1.29, 1.82) is 0 Å². The SMILES string of the molecule is CCc1cc(I)c2nc(N3CC[C@@H](NC4CCOCC4)C[C@H]3C)c(-c3nc(C)no3)c(C)c2c1. The normalized spacial score (nSPS) is 22.0. The van der Waals surface area contributed by atoms with Gasteiger partial charge in [-0.2, -0.15) is 4.98 Å². The van der Waals surface area contributed by atoms with Gasteiger partial charge in [0.25, 0.3) is 5.89 Å². The molecule has 0 spiro atoms. The molecule has 5 rings (SSSR count). The van der Waals surface area contributed by atoms with Crippen LogP contribution >= 0.6 is 22.6 Å². The maximum Gasteiger partial charge on any atom is 0.261 e. The third-order valence-corrected chi connectivity index (χ3v) is 8.16. The quantitative estimate of drug-likeness (QED) is 0.420. The van der Waals surface area contributed by atoms with Crippen molar-refractivity contribution in [2.75, 3.05) is 24.7 Å². The van der Waals surface area contributed by atoms with E-state index >= 15 is 0 Å². The van der Waals surface area contributed by atoms with Crippen LogP contribution in [-0.2, 0) is 11.2 Å². The van der Waals surface area contributed by atoms with Gasteiger partial charge in [0.1, 0.15) is 5.82 Å². The largest absolute Gasteiger partial charge is 0.381 e. The van der Waals surface area contributed by atoms with Gasteiger partial charge in [-0.3, -0.25) is 0 Å². The predicted molar refractivity (Wildman–Crippen MR) is 143 cm³/mol. The molecule has 3 aromatic rings. The maximum atomic E-state index is 5.70. The van der Waals surface area contributed by atoms with Crippen molar-refractivity contribution in [3.63, 3.8) is 0 Å². The molecule has 34 heavy (non-hydrogen) atoms. The highest BCUT2D eigenvalue weighted by molar-refractivity contribution is 14.1. The third kappa shape index (κ3) is 4.68. The van der Waals surface area contributed by atoms with Crippen LogP contribution in [0.25, 0.3) is 22.4 Å². The number of hydrogen-bond donors (Lipinski definition) is 1. The molecular formula is C26H34IN5O2. The number of piperidine rings is 1. The molecule has 1 aromatic carbocycles. The lowest BCUT2D eigenvalue weighted by Crippen LogP contribution is -2.51. The van der Waals surface area contributed by atoms with Crippen LogP contribution in [-0.4, -0.2) is 53.0 Å². The fraction of sp³-hybridized carbons (Fsp3) is 0.577. The van der Waals surface area contributed by atoms with E-state index in [9.17, 15) is 0 Å². The van der Waals surface area contributed by atoms with E-state index in [-0.39, 0.29) is 0 Å². The minimum atomic E-state index is 0.353.